The Morgan fingerprint density at radius 1 is 1.00 bits per heavy atom. The summed E-state index contributed by atoms with van der Waals surface area (Å²) in [5, 5.41) is 2.91. The van der Waals surface area contributed by atoms with Crippen LogP contribution in [-0.2, 0) is 0 Å². The van der Waals surface area contributed by atoms with Crippen molar-refractivity contribution in [3.63, 3.8) is 0 Å². The number of benzene rings is 2. The number of hydrogen-bond acceptors (Lipinski definition) is 5. The van der Waals surface area contributed by atoms with E-state index in [1.54, 1.807) is 36.3 Å². The molecule has 7 nitrogen and oxygen atoms in total. The van der Waals surface area contributed by atoms with E-state index in [-0.39, 0.29) is 11.8 Å². The first kappa shape index (κ1) is 19.6. The highest BCUT2D eigenvalue weighted by atomic mass is 19.1. The maximum Gasteiger partial charge on any atom is 0.321 e. The molecule has 154 valence electrons. The van der Waals surface area contributed by atoms with E-state index < -0.39 is 0 Å². The molecule has 8 heteroatoms. The number of anilines is 2. The monoisotopic (exact) mass is 407 g/mol. The number of hydrogen-bond donors (Lipinski definition) is 1. The van der Waals surface area contributed by atoms with Crippen molar-refractivity contribution in [1.82, 2.24) is 14.9 Å². The van der Waals surface area contributed by atoms with Gasteiger partial charge in [0.1, 0.15) is 23.7 Å². The van der Waals surface area contributed by atoms with Gasteiger partial charge in [-0.1, -0.05) is 0 Å². The largest absolute Gasteiger partial charge is 0.497 e. The van der Waals surface area contributed by atoms with Crippen LogP contribution < -0.4 is 15.0 Å². The molecule has 2 heterocycles. The average Bonchev–Trinajstić information content (AvgIpc) is 2.80. The Balaban J connectivity index is 1.36. The fourth-order valence-corrected chi connectivity index (χ4v) is 3.31. The first-order valence-corrected chi connectivity index (χ1v) is 9.65. The SMILES string of the molecule is COc1ccc(NC(=O)N2CCN(c3cc(-c4ccc(F)cc4)ncn3)CC2)cc1. The van der Waals surface area contributed by atoms with Gasteiger partial charge in [-0.2, -0.15) is 0 Å². The van der Waals surface area contributed by atoms with E-state index in [0.29, 0.717) is 26.2 Å². The zero-order valence-electron chi connectivity index (χ0n) is 16.6. The van der Waals surface area contributed by atoms with Gasteiger partial charge in [0.05, 0.1) is 12.8 Å². The van der Waals surface area contributed by atoms with Crippen LogP contribution in [0.25, 0.3) is 11.3 Å². The van der Waals surface area contributed by atoms with Crippen LogP contribution in [0.5, 0.6) is 5.75 Å². The first-order valence-electron chi connectivity index (χ1n) is 9.65. The highest BCUT2D eigenvalue weighted by Crippen LogP contribution is 2.22. The van der Waals surface area contributed by atoms with Crippen molar-refractivity contribution in [3.05, 3.63) is 66.7 Å². The molecule has 0 unspecified atom stereocenters. The van der Waals surface area contributed by atoms with E-state index in [1.807, 2.05) is 18.2 Å². The quantitative estimate of drug-likeness (QED) is 0.715. The minimum atomic E-state index is -0.280. The van der Waals surface area contributed by atoms with Crippen LogP contribution in [0.2, 0.25) is 0 Å². The summed E-state index contributed by atoms with van der Waals surface area (Å²) < 4.78 is 18.3. The first-order chi connectivity index (χ1) is 14.6. The van der Waals surface area contributed by atoms with Gasteiger partial charge in [0.25, 0.3) is 0 Å². The molecule has 30 heavy (non-hydrogen) atoms. The number of halogens is 1. The number of nitrogens with one attached hydrogen (secondary N) is 1. The van der Waals surface area contributed by atoms with Crippen molar-refractivity contribution in [2.24, 2.45) is 0 Å². The second-order valence-corrected chi connectivity index (χ2v) is 6.90. The number of ether oxygens (including phenoxy) is 1. The molecular formula is C22H22FN5O2. The number of piperazine rings is 1. The van der Waals surface area contributed by atoms with Crippen LogP contribution in [0.1, 0.15) is 0 Å². The lowest BCUT2D eigenvalue weighted by molar-refractivity contribution is 0.208. The van der Waals surface area contributed by atoms with Crippen molar-refractivity contribution in [2.45, 2.75) is 0 Å². The number of nitrogens with zero attached hydrogens (tertiary/aromatic N) is 4. The van der Waals surface area contributed by atoms with E-state index in [2.05, 4.69) is 20.2 Å². The normalized spacial score (nSPS) is 13.8. The number of carbonyl (C=O) groups excluding carboxylic acids is 1. The van der Waals surface area contributed by atoms with Gasteiger partial charge in [0.2, 0.25) is 0 Å². The number of carbonyl (C=O) groups is 1. The fraction of sp³-hybridized carbons (Fsp3) is 0.227. The molecule has 0 aliphatic carbocycles. The summed E-state index contributed by atoms with van der Waals surface area (Å²) in [6, 6.07) is 15.2. The van der Waals surface area contributed by atoms with Crippen LogP contribution in [0.15, 0.2) is 60.9 Å². The summed E-state index contributed by atoms with van der Waals surface area (Å²) in [4.78, 5) is 25.1. The third kappa shape index (κ3) is 4.48. The van der Waals surface area contributed by atoms with E-state index in [1.165, 1.54) is 18.5 Å². The summed E-state index contributed by atoms with van der Waals surface area (Å²) in [5.41, 5.74) is 2.29. The molecule has 1 saturated heterocycles. The predicted octanol–water partition coefficient (Wildman–Crippen LogP) is 3.65. The maximum absolute atomic E-state index is 13.2. The fourth-order valence-electron chi connectivity index (χ4n) is 3.31. The topological polar surface area (TPSA) is 70.6 Å². The van der Waals surface area contributed by atoms with Gasteiger partial charge >= 0.3 is 6.03 Å². The van der Waals surface area contributed by atoms with Crippen molar-refractivity contribution >= 4 is 17.5 Å². The zero-order chi connectivity index (χ0) is 20.9. The van der Waals surface area contributed by atoms with E-state index in [4.69, 9.17) is 4.74 Å². The molecule has 0 saturated carbocycles. The number of urea groups is 1. The van der Waals surface area contributed by atoms with Crippen LogP contribution in [0.3, 0.4) is 0 Å². The number of aromatic nitrogens is 2. The lowest BCUT2D eigenvalue weighted by Crippen LogP contribution is -2.50. The third-order valence-corrected chi connectivity index (χ3v) is 5.02. The van der Waals surface area contributed by atoms with Crippen LogP contribution in [-0.4, -0.2) is 54.2 Å². The second kappa shape index (κ2) is 8.77. The molecule has 3 aromatic rings. The highest BCUT2D eigenvalue weighted by Gasteiger charge is 2.22. The molecule has 0 spiro atoms. The molecular weight excluding hydrogens is 385 g/mol. The third-order valence-electron chi connectivity index (χ3n) is 5.02. The molecule has 2 amide bonds. The Morgan fingerprint density at radius 2 is 1.70 bits per heavy atom. The van der Waals surface area contributed by atoms with E-state index >= 15 is 0 Å². The number of rotatable bonds is 4. The lowest BCUT2D eigenvalue weighted by atomic mass is 10.1. The van der Waals surface area contributed by atoms with Gasteiger partial charge in [-0.25, -0.2) is 19.2 Å². The minimum Gasteiger partial charge on any atom is -0.497 e. The van der Waals surface area contributed by atoms with Gasteiger partial charge < -0.3 is 19.9 Å². The molecule has 0 bridgehead atoms. The van der Waals surface area contributed by atoms with Crippen molar-refractivity contribution in [2.75, 3.05) is 43.5 Å². The Kier molecular flexibility index (Phi) is 5.74. The maximum atomic E-state index is 13.2. The Labute approximate surface area is 174 Å². The van der Waals surface area contributed by atoms with Gasteiger partial charge in [-0.15, -0.1) is 0 Å². The standard InChI is InChI=1S/C22H22FN5O2/c1-30-19-8-6-18(7-9-19)26-22(29)28-12-10-27(11-13-28)21-14-20(24-15-25-21)16-2-4-17(23)5-3-16/h2-9,14-15H,10-13H2,1H3,(H,26,29). The summed E-state index contributed by atoms with van der Waals surface area (Å²) >= 11 is 0. The van der Waals surface area contributed by atoms with Crippen LogP contribution >= 0.6 is 0 Å². The van der Waals surface area contributed by atoms with Crippen LogP contribution in [0.4, 0.5) is 20.7 Å². The molecule has 1 aliphatic rings. The molecule has 4 rings (SSSR count). The number of methoxy groups -OCH3 is 1. The number of amides is 2. The molecule has 1 N–H and O–H groups in total. The predicted molar refractivity (Wildman–Crippen MR) is 113 cm³/mol. The van der Waals surface area contributed by atoms with Gasteiger partial charge in [0.15, 0.2) is 0 Å². The molecule has 1 aliphatic heterocycles. The Hall–Kier alpha value is -3.68. The summed E-state index contributed by atoms with van der Waals surface area (Å²) in [6.07, 6.45) is 1.51. The van der Waals surface area contributed by atoms with Crippen molar-refractivity contribution in [1.29, 1.82) is 0 Å². The molecule has 1 aromatic heterocycles. The Bertz CT molecular complexity index is 1000. The lowest BCUT2D eigenvalue weighted by Gasteiger charge is -2.35. The van der Waals surface area contributed by atoms with Gasteiger partial charge in [-0.3, -0.25) is 0 Å². The average molecular weight is 407 g/mol. The summed E-state index contributed by atoms with van der Waals surface area (Å²) in [5.74, 6) is 1.25. The van der Waals surface area contributed by atoms with Crippen LogP contribution in [0, 0.1) is 5.82 Å². The summed E-state index contributed by atoms with van der Waals surface area (Å²) in [6.45, 7) is 2.49. The van der Waals surface area contributed by atoms with Crippen molar-refractivity contribution in [3.8, 4) is 17.0 Å². The highest BCUT2D eigenvalue weighted by molar-refractivity contribution is 5.89. The zero-order valence-corrected chi connectivity index (χ0v) is 16.6. The minimum absolute atomic E-state index is 0.130. The molecule has 0 radical (unpaired) electrons. The smallest absolute Gasteiger partial charge is 0.321 e. The Morgan fingerprint density at radius 3 is 2.37 bits per heavy atom. The molecule has 0 atom stereocenters. The van der Waals surface area contributed by atoms with Gasteiger partial charge in [0, 0.05) is 43.5 Å². The molecule has 1 fully saturated rings. The molecule has 2 aromatic carbocycles. The second-order valence-electron chi connectivity index (χ2n) is 6.90. The van der Waals surface area contributed by atoms with E-state index in [0.717, 1.165) is 28.5 Å². The van der Waals surface area contributed by atoms with Crippen molar-refractivity contribution < 1.29 is 13.9 Å². The van der Waals surface area contributed by atoms with Gasteiger partial charge in [-0.05, 0) is 48.5 Å². The summed E-state index contributed by atoms with van der Waals surface area (Å²) in [7, 11) is 1.60. The van der Waals surface area contributed by atoms with E-state index in [9.17, 15) is 9.18 Å².